The van der Waals surface area contributed by atoms with Crippen LogP contribution >= 0.6 is 15.9 Å². The Bertz CT molecular complexity index is 508. The summed E-state index contributed by atoms with van der Waals surface area (Å²) in [6.45, 7) is 5.16. The van der Waals surface area contributed by atoms with E-state index in [1.807, 2.05) is 17.0 Å². The fourth-order valence-corrected chi connectivity index (χ4v) is 3.65. The van der Waals surface area contributed by atoms with Gasteiger partial charge in [0.15, 0.2) is 0 Å². The summed E-state index contributed by atoms with van der Waals surface area (Å²) in [6.07, 6.45) is 3.79. The van der Waals surface area contributed by atoms with Gasteiger partial charge < -0.3 is 4.90 Å². The molecule has 3 rings (SSSR count). The molecule has 0 spiro atoms. The number of piperidine rings is 1. The van der Waals surface area contributed by atoms with Crippen molar-refractivity contribution in [3.63, 3.8) is 0 Å². The van der Waals surface area contributed by atoms with Gasteiger partial charge in [-0.2, -0.15) is 0 Å². The first-order valence-electron chi connectivity index (χ1n) is 7.33. The number of fused-ring (bicyclic) bond motifs is 1. The lowest BCUT2D eigenvalue weighted by Crippen LogP contribution is -2.60. The van der Waals surface area contributed by atoms with Crippen molar-refractivity contribution >= 4 is 21.8 Å². The second kappa shape index (κ2) is 5.82. The van der Waals surface area contributed by atoms with Crippen LogP contribution in [0.3, 0.4) is 0 Å². The molecule has 5 heteroatoms. The van der Waals surface area contributed by atoms with E-state index in [2.05, 4.69) is 32.7 Å². The lowest BCUT2D eigenvalue weighted by molar-refractivity contribution is 0.0148. The van der Waals surface area contributed by atoms with Gasteiger partial charge in [-0.3, -0.25) is 9.69 Å². The summed E-state index contributed by atoms with van der Waals surface area (Å²) >= 11 is 3.33. The van der Waals surface area contributed by atoms with Gasteiger partial charge in [-0.1, -0.05) is 12.5 Å². The van der Waals surface area contributed by atoms with Gasteiger partial charge in [-0.25, -0.2) is 4.98 Å². The number of amides is 1. The van der Waals surface area contributed by atoms with Gasteiger partial charge in [0.25, 0.3) is 5.91 Å². The van der Waals surface area contributed by atoms with Crippen LogP contribution in [0.1, 0.15) is 36.7 Å². The third-order valence-corrected chi connectivity index (χ3v) is 4.82. The van der Waals surface area contributed by atoms with Crippen molar-refractivity contribution in [3.05, 3.63) is 28.5 Å². The largest absolute Gasteiger partial charge is 0.332 e. The lowest BCUT2D eigenvalue weighted by Gasteiger charge is -2.47. The number of nitrogens with zero attached hydrogens (tertiary/aromatic N) is 3. The van der Waals surface area contributed by atoms with Gasteiger partial charge in [-0.05, 0) is 54.4 Å². The number of halogens is 1. The summed E-state index contributed by atoms with van der Waals surface area (Å²) in [4.78, 5) is 21.5. The molecule has 0 aliphatic carbocycles. The van der Waals surface area contributed by atoms with Gasteiger partial charge in [0, 0.05) is 25.2 Å². The van der Waals surface area contributed by atoms with Gasteiger partial charge in [0.05, 0.1) is 0 Å². The second-order valence-corrected chi connectivity index (χ2v) is 6.61. The zero-order valence-electron chi connectivity index (χ0n) is 11.8. The number of carbonyl (C=O) groups is 1. The Hall–Kier alpha value is -0.940. The molecule has 1 aromatic rings. The molecule has 0 radical (unpaired) electrons. The molecule has 1 aromatic heterocycles. The topological polar surface area (TPSA) is 36.4 Å². The molecule has 0 bridgehead atoms. The van der Waals surface area contributed by atoms with Crippen molar-refractivity contribution in [2.24, 2.45) is 0 Å². The molecular weight excluding hydrogens is 318 g/mol. The van der Waals surface area contributed by atoms with E-state index in [1.165, 1.54) is 25.8 Å². The van der Waals surface area contributed by atoms with E-state index in [4.69, 9.17) is 0 Å². The minimum atomic E-state index is 0.0593. The highest BCUT2D eigenvalue weighted by molar-refractivity contribution is 9.10. The van der Waals surface area contributed by atoms with Crippen LogP contribution in [0.4, 0.5) is 0 Å². The third kappa shape index (κ3) is 2.74. The number of carbonyl (C=O) groups excluding carboxylic acids is 1. The molecule has 2 saturated heterocycles. The third-order valence-electron chi connectivity index (χ3n) is 4.38. The number of pyridine rings is 1. The molecule has 2 unspecified atom stereocenters. The van der Waals surface area contributed by atoms with E-state index in [0.717, 1.165) is 13.1 Å². The van der Waals surface area contributed by atoms with Gasteiger partial charge in [0.1, 0.15) is 10.3 Å². The Morgan fingerprint density at radius 3 is 3.00 bits per heavy atom. The van der Waals surface area contributed by atoms with Crippen LogP contribution in [0.25, 0.3) is 0 Å². The van der Waals surface area contributed by atoms with E-state index in [1.54, 1.807) is 6.07 Å². The molecule has 2 atom stereocenters. The zero-order chi connectivity index (χ0) is 14.1. The average Bonchev–Trinajstić information content (AvgIpc) is 2.46. The lowest BCUT2D eigenvalue weighted by atomic mass is 9.97. The molecule has 2 fully saturated rings. The van der Waals surface area contributed by atoms with Crippen molar-refractivity contribution < 1.29 is 4.79 Å². The molecule has 4 nitrogen and oxygen atoms in total. The minimum absolute atomic E-state index is 0.0593. The van der Waals surface area contributed by atoms with Crippen molar-refractivity contribution in [2.75, 3.05) is 19.6 Å². The normalized spacial score (nSPS) is 27.2. The number of piperazine rings is 1. The van der Waals surface area contributed by atoms with E-state index in [-0.39, 0.29) is 11.9 Å². The maximum absolute atomic E-state index is 12.7. The van der Waals surface area contributed by atoms with Crippen molar-refractivity contribution in [2.45, 2.75) is 38.3 Å². The maximum atomic E-state index is 12.7. The highest BCUT2D eigenvalue weighted by atomic mass is 79.9. The highest BCUT2D eigenvalue weighted by Gasteiger charge is 2.35. The zero-order valence-corrected chi connectivity index (χ0v) is 13.3. The smallest absolute Gasteiger partial charge is 0.272 e. The van der Waals surface area contributed by atoms with E-state index in [9.17, 15) is 4.79 Å². The molecule has 0 aromatic carbocycles. The Labute approximate surface area is 128 Å². The first-order valence-corrected chi connectivity index (χ1v) is 8.12. The van der Waals surface area contributed by atoms with Crippen LogP contribution in [-0.2, 0) is 0 Å². The fraction of sp³-hybridized carbons (Fsp3) is 0.600. The van der Waals surface area contributed by atoms with E-state index in [0.29, 0.717) is 16.3 Å². The Morgan fingerprint density at radius 1 is 1.35 bits per heavy atom. The number of rotatable bonds is 1. The minimum Gasteiger partial charge on any atom is -0.332 e. The molecular formula is C15H20BrN3O. The first kappa shape index (κ1) is 14.0. The summed E-state index contributed by atoms with van der Waals surface area (Å²) in [5.41, 5.74) is 0.537. The van der Waals surface area contributed by atoms with Crippen molar-refractivity contribution in [1.82, 2.24) is 14.8 Å². The summed E-state index contributed by atoms with van der Waals surface area (Å²) < 4.78 is 0.715. The number of aromatic nitrogens is 1. The molecule has 3 heterocycles. The van der Waals surface area contributed by atoms with Crippen LogP contribution in [0.2, 0.25) is 0 Å². The van der Waals surface area contributed by atoms with Crippen LogP contribution < -0.4 is 0 Å². The summed E-state index contributed by atoms with van der Waals surface area (Å²) in [5.74, 6) is 0.0593. The molecule has 2 aliphatic heterocycles. The number of hydrogen-bond acceptors (Lipinski definition) is 3. The van der Waals surface area contributed by atoms with Crippen LogP contribution in [0.5, 0.6) is 0 Å². The molecule has 0 saturated carbocycles. The van der Waals surface area contributed by atoms with E-state index >= 15 is 0 Å². The fourth-order valence-electron chi connectivity index (χ4n) is 3.31. The predicted octanol–water partition coefficient (Wildman–Crippen LogP) is 2.54. The van der Waals surface area contributed by atoms with Crippen LogP contribution in [0.15, 0.2) is 22.8 Å². The highest BCUT2D eigenvalue weighted by Crippen LogP contribution is 2.25. The van der Waals surface area contributed by atoms with Crippen molar-refractivity contribution in [1.29, 1.82) is 0 Å². The SMILES string of the molecule is CC1CN2CCCCC2CN1C(=O)c1cccc(Br)n1. The maximum Gasteiger partial charge on any atom is 0.272 e. The average molecular weight is 338 g/mol. The standard InChI is InChI=1S/C15H20BrN3O/c1-11-9-18-8-3-2-5-12(18)10-19(11)15(20)13-6-4-7-14(16)17-13/h4,6-7,11-12H,2-3,5,8-10H2,1H3. The molecule has 1 amide bonds. The Kier molecular flexibility index (Phi) is 4.08. The van der Waals surface area contributed by atoms with Crippen LogP contribution in [-0.4, -0.2) is 52.4 Å². The van der Waals surface area contributed by atoms with Crippen LogP contribution in [0, 0.1) is 0 Å². The summed E-state index contributed by atoms with van der Waals surface area (Å²) in [7, 11) is 0. The molecule has 20 heavy (non-hydrogen) atoms. The quantitative estimate of drug-likeness (QED) is 0.739. The molecule has 2 aliphatic rings. The van der Waals surface area contributed by atoms with E-state index < -0.39 is 0 Å². The number of hydrogen-bond donors (Lipinski definition) is 0. The first-order chi connectivity index (χ1) is 9.65. The molecule has 108 valence electrons. The van der Waals surface area contributed by atoms with Gasteiger partial charge in [0.2, 0.25) is 0 Å². The van der Waals surface area contributed by atoms with Gasteiger partial charge in [-0.15, -0.1) is 0 Å². The monoisotopic (exact) mass is 337 g/mol. The Balaban J connectivity index is 1.77. The summed E-state index contributed by atoms with van der Waals surface area (Å²) in [5, 5.41) is 0. The second-order valence-electron chi connectivity index (χ2n) is 5.80. The van der Waals surface area contributed by atoms with Gasteiger partial charge >= 0.3 is 0 Å². The van der Waals surface area contributed by atoms with Crippen molar-refractivity contribution in [3.8, 4) is 0 Å². The predicted molar refractivity (Wildman–Crippen MR) is 81.6 cm³/mol. The summed E-state index contributed by atoms with van der Waals surface area (Å²) in [6, 6.07) is 6.31. The molecule has 0 N–H and O–H groups in total. The Morgan fingerprint density at radius 2 is 2.20 bits per heavy atom.